The second-order valence-electron chi connectivity index (χ2n) is 5.33. The lowest BCUT2D eigenvalue weighted by molar-refractivity contribution is -0.117. The molecule has 0 radical (unpaired) electrons. The predicted octanol–water partition coefficient (Wildman–Crippen LogP) is 3.38. The molecular formula is C17H18BrN3O2. The summed E-state index contributed by atoms with van der Waals surface area (Å²) in [5.41, 5.74) is 7.18. The minimum atomic E-state index is -0.418. The van der Waals surface area contributed by atoms with Crippen LogP contribution in [0.15, 0.2) is 47.1 Å². The number of hydrogen-bond donors (Lipinski definition) is 3. The normalized spacial score (nSPS) is 11.0. The number of aromatic nitrogens is 1. The zero-order chi connectivity index (χ0) is 16.8. The summed E-state index contributed by atoms with van der Waals surface area (Å²) in [5, 5.41) is 0. The first-order valence-electron chi connectivity index (χ1n) is 7.18. The molecule has 2 amide bonds. The molecule has 6 heteroatoms. The van der Waals surface area contributed by atoms with Crippen molar-refractivity contribution in [2.45, 2.75) is 19.8 Å². The van der Waals surface area contributed by atoms with Gasteiger partial charge in [-0.2, -0.15) is 0 Å². The van der Waals surface area contributed by atoms with Crippen molar-refractivity contribution in [3.8, 4) is 0 Å². The van der Waals surface area contributed by atoms with Crippen LogP contribution in [0.5, 0.6) is 0 Å². The number of benzene rings is 1. The van der Waals surface area contributed by atoms with Crippen LogP contribution in [0.4, 0.5) is 0 Å². The van der Waals surface area contributed by atoms with Crippen molar-refractivity contribution in [2.75, 3.05) is 0 Å². The van der Waals surface area contributed by atoms with E-state index in [1.54, 1.807) is 18.3 Å². The van der Waals surface area contributed by atoms with Crippen molar-refractivity contribution in [1.29, 1.82) is 0 Å². The maximum Gasteiger partial charge on any atom is 0.286 e. The second kappa shape index (κ2) is 7.78. The average molecular weight is 376 g/mol. The van der Waals surface area contributed by atoms with E-state index in [1.165, 1.54) is 11.6 Å². The molecule has 120 valence electrons. The first-order chi connectivity index (χ1) is 11.0. The van der Waals surface area contributed by atoms with Crippen LogP contribution < -0.4 is 10.9 Å². The van der Waals surface area contributed by atoms with Gasteiger partial charge in [-0.3, -0.25) is 20.4 Å². The standard InChI is InChI=1S/C17H18BrN3O2/c1-11(2)13-6-3-12(4-7-13)5-8-16(22)20-21-17(23)15-9-14(18)10-19-15/h3-11,19H,1-2H3,(H,20,22)(H,21,23)/b8-5+. The first kappa shape index (κ1) is 17.0. The smallest absolute Gasteiger partial charge is 0.286 e. The van der Waals surface area contributed by atoms with Gasteiger partial charge in [-0.1, -0.05) is 38.1 Å². The van der Waals surface area contributed by atoms with E-state index in [4.69, 9.17) is 0 Å². The number of aromatic amines is 1. The van der Waals surface area contributed by atoms with Gasteiger partial charge in [0, 0.05) is 16.7 Å². The molecule has 2 aromatic rings. The summed E-state index contributed by atoms with van der Waals surface area (Å²) in [4.78, 5) is 26.2. The molecule has 0 saturated heterocycles. The number of carbonyl (C=O) groups is 2. The van der Waals surface area contributed by atoms with Gasteiger partial charge in [0.2, 0.25) is 0 Å². The highest BCUT2D eigenvalue weighted by atomic mass is 79.9. The Morgan fingerprint density at radius 2 is 1.87 bits per heavy atom. The van der Waals surface area contributed by atoms with E-state index >= 15 is 0 Å². The van der Waals surface area contributed by atoms with Crippen molar-refractivity contribution in [3.05, 3.63) is 63.9 Å². The SMILES string of the molecule is CC(C)c1ccc(/C=C/C(=O)NNC(=O)c2cc(Br)c[nH]2)cc1. The Morgan fingerprint density at radius 1 is 1.17 bits per heavy atom. The van der Waals surface area contributed by atoms with E-state index in [9.17, 15) is 9.59 Å². The lowest BCUT2D eigenvalue weighted by Gasteiger charge is -2.05. The van der Waals surface area contributed by atoms with Crippen LogP contribution in [0.25, 0.3) is 6.08 Å². The zero-order valence-corrected chi connectivity index (χ0v) is 14.5. The third-order valence-electron chi connectivity index (χ3n) is 3.22. The Hall–Kier alpha value is -2.34. The summed E-state index contributed by atoms with van der Waals surface area (Å²) in [6, 6.07) is 9.59. The van der Waals surface area contributed by atoms with Gasteiger partial charge in [0.05, 0.1) is 0 Å². The van der Waals surface area contributed by atoms with E-state index in [1.807, 2.05) is 24.3 Å². The van der Waals surface area contributed by atoms with E-state index in [2.05, 4.69) is 45.6 Å². The molecule has 3 N–H and O–H groups in total. The monoisotopic (exact) mass is 375 g/mol. The lowest BCUT2D eigenvalue weighted by Crippen LogP contribution is -2.40. The summed E-state index contributed by atoms with van der Waals surface area (Å²) < 4.78 is 0.763. The predicted molar refractivity (Wildman–Crippen MR) is 93.7 cm³/mol. The number of H-pyrrole nitrogens is 1. The van der Waals surface area contributed by atoms with Gasteiger partial charge in [0.15, 0.2) is 0 Å². The van der Waals surface area contributed by atoms with Crippen molar-refractivity contribution in [2.24, 2.45) is 0 Å². The van der Waals surface area contributed by atoms with Gasteiger partial charge in [-0.05, 0) is 45.1 Å². The minimum Gasteiger partial charge on any atom is -0.356 e. The molecule has 0 spiro atoms. The molecule has 1 aromatic carbocycles. The number of halogens is 1. The van der Waals surface area contributed by atoms with E-state index in [0.29, 0.717) is 11.6 Å². The molecule has 1 heterocycles. The van der Waals surface area contributed by atoms with Crippen molar-refractivity contribution in [3.63, 3.8) is 0 Å². The van der Waals surface area contributed by atoms with Crippen LogP contribution in [-0.4, -0.2) is 16.8 Å². The fourth-order valence-corrected chi connectivity index (χ4v) is 2.23. The fourth-order valence-electron chi connectivity index (χ4n) is 1.89. The van der Waals surface area contributed by atoms with E-state index in [0.717, 1.165) is 10.0 Å². The summed E-state index contributed by atoms with van der Waals surface area (Å²) in [6.07, 6.45) is 4.70. The molecule has 2 rings (SSSR count). The maximum atomic E-state index is 11.7. The Kier molecular flexibility index (Phi) is 5.76. The van der Waals surface area contributed by atoms with Crippen LogP contribution in [0.3, 0.4) is 0 Å². The van der Waals surface area contributed by atoms with Crippen LogP contribution in [0.2, 0.25) is 0 Å². The first-order valence-corrected chi connectivity index (χ1v) is 7.97. The Morgan fingerprint density at radius 3 is 2.43 bits per heavy atom. The molecule has 1 aromatic heterocycles. The molecular weight excluding hydrogens is 358 g/mol. The summed E-state index contributed by atoms with van der Waals surface area (Å²) in [5.74, 6) is -0.352. The van der Waals surface area contributed by atoms with Gasteiger partial charge in [-0.25, -0.2) is 0 Å². The number of nitrogens with one attached hydrogen (secondary N) is 3. The average Bonchev–Trinajstić information content (AvgIpc) is 2.97. The number of hydrazine groups is 1. The summed E-state index contributed by atoms with van der Waals surface area (Å²) in [6.45, 7) is 4.26. The number of rotatable bonds is 4. The van der Waals surface area contributed by atoms with Gasteiger partial charge in [0.1, 0.15) is 5.69 Å². The zero-order valence-electron chi connectivity index (χ0n) is 12.9. The molecule has 0 atom stereocenters. The lowest BCUT2D eigenvalue weighted by atomic mass is 10.0. The maximum absolute atomic E-state index is 11.7. The molecule has 0 bridgehead atoms. The Bertz CT molecular complexity index is 718. The topological polar surface area (TPSA) is 74.0 Å². The summed E-state index contributed by atoms with van der Waals surface area (Å²) >= 11 is 3.24. The second-order valence-corrected chi connectivity index (χ2v) is 6.25. The van der Waals surface area contributed by atoms with Crippen molar-refractivity contribution < 1.29 is 9.59 Å². The highest BCUT2D eigenvalue weighted by Gasteiger charge is 2.07. The van der Waals surface area contributed by atoms with Gasteiger partial charge in [0.25, 0.3) is 11.8 Å². The van der Waals surface area contributed by atoms with Crippen LogP contribution in [0.1, 0.15) is 41.4 Å². The van der Waals surface area contributed by atoms with Crippen LogP contribution >= 0.6 is 15.9 Å². The Labute approximate surface area is 143 Å². The number of hydrogen-bond acceptors (Lipinski definition) is 2. The molecule has 0 aliphatic rings. The van der Waals surface area contributed by atoms with Gasteiger partial charge < -0.3 is 4.98 Å². The largest absolute Gasteiger partial charge is 0.356 e. The minimum absolute atomic E-state index is 0.352. The van der Waals surface area contributed by atoms with E-state index in [-0.39, 0.29) is 0 Å². The van der Waals surface area contributed by atoms with Crippen molar-refractivity contribution in [1.82, 2.24) is 15.8 Å². The summed E-state index contributed by atoms with van der Waals surface area (Å²) in [7, 11) is 0. The highest BCUT2D eigenvalue weighted by Crippen LogP contribution is 2.15. The number of amides is 2. The third-order valence-corrected chi connectivity index (χ3v) is 3.68. The van der Waals surface area contributed by atoms with Gasteiger partial charge in [-0.15, -0.1) is 0 Å². The number of carbonyl (C=O) groups excluding carboxylic acids is 2. The molecule has 23 heavy (non-hydrogen) atoms. The molecule has 0 saturated carbocycles. The fraction of sp³-hybridized carbons (Fsp3) is 0.176. The molecule has 5 nitrogen and oxygen atoms in total. The molecule has 0 fully saturated rings. The quantitative estimate of drug-likeness (QED) is 0.565. The van der Waals surface area contributed by atoms with Crippen LogP contribution in [0, 0.1) is 0 Å². The highest BCUT2D eigenvalue weighted by molar-refractivity contribution is 9.10. The van der Waals surface area contributed by atoms with Gasteiger partial charge >= 0.3 is 0 Å². The molecule has 0 unspecified atom stereocenters. The van der Waals surface area contributed by atoms with Crippen LogP contribution in [-0.2, 0) is 4.79 Å². The molecule has 0 aliphatic carbocycles. The third kappa shape index (κ3) is 5.10. The molecule has 0 aliphatic heterocycles. The Balaban J connectivity index is 1.85. The van der Waals surface area contributed by atoms with E-state index < -0.39 is 11.8 Å². The van der Waals surface area contributed by atoms with Crippen molar-refractivity contribution >= 4 is 33.8 Å².